The lowest BCUT2D eigenvalue weighted by molar-refractivity contribution is 0.505. The van der Waals surface area contributed by atoms with Gasteiger partial charge in [0.25, 0.3) is 0 Å². The van der Waals surface area contributed by atoms with E-state index in [0.29, 0.717) is 0 Å². The van der Waals surface area contributed by atoms with Crippen molar-refractivity contribution in [2.75, 3.05) is 0 Å². The molecule has 1 unspecified atom stereocenters. The van der Waals surface area contributed by atoms with E-state index in [9.17, 15) is 8.42 Å². The van der Waals surface area contributed by atoms with Crippen molar-refractivity contribution in [1.82, 2.24) is 4.72 Å². The van der Waals surface area contributed by atoms with Crippen LogP contribution in [-0.2, 0) is 10.0 Å². The van der Waals surface area contributed by atoms with Gasteiger partial charge < -0.3 is 5.73 Å². The van der Waals surface area contributed by atoms with Crippen LogP contribution in [0, 0.1) is 5.92 Å². The van der Waals surface area contributed by atoms with Gasteiger partial charge in [0.1, 0.15) is 0 Å². The van der Waals surface area contributed by atoms with Gasteiger partial charge in [-0.25, -0.2) is 13.1 Å². The van der Waals surface area contributed by atoms with E-state index in [1.54, 1.807) is 20.8 Å². The Kier molecular flexibility index (Phi) is 4.69. The van der Waals surface area contributed by atoms with Gasteiger partial charge >= 0.3 is 0 Å². The summed E-state index contributed by atoms with van der Waals surface area (Å²) in [5.74, 6) is 0.0413. The molecule has 0 radical (unpaired) electrons. The van der Waals surface area contributed by atoms with Gasteiger partial charge in [-0.05, 0) is 26.7 Å². The maximum absolute atomic E-state index is 11.8. The molecule has 1 atom stereocenters. The average molecular weight is 252 g/mol. The van der Waals surface area contributed by atoms with Crippen molar-refractivity contribution < 1.29 is 8.42 Å². The SMILES string of the molecule is CC(C)C(NS(=O)(=O)C(C)(C)C)C(N)=S. The molecule has 0 aromatic carbocycles. The summed E-state index contributed by atoms with van der Waals surface area (Å²) in [6.45, 7) is 8.63. The third-order valence-electron chi connectivity index (χ3n) is 2.06. The Balaban J connectivity index is 4.93. The molecule has 0 aliphatic carbocycles. The second-order valence-electron chi connectivity index (χ2n) is 4.86. The van der Waals surface area contributed by atoms with Crippen LogP contribution in [0.5, 0.6) is 0 Å². The first-order valence-corrected chi connectivity index (χ1v) is 6.69. The zero-order chi connectivity index (χ0) is 12.4. The predicted octanol–water partition coefficient (Wildman–Crippen LogP) is 1.01. The lowest BCUT2D eigenvalue weighted by Crippen LogP contribution is -2.51. The highest BCUT2D eigenvalue weighted by atomic mass is 32.2. The number of sulfonamides is 1. The van der Waals surface area contributed by atoms with E-state index in [1.165, 1.54) is 0 Å². The van der Waals surface area contributed by atoms with E-state index in [4.69, 9.17) is 18.0 Å². The summed E-state index contributed by atoms with van der Waals surface area (Å²) in [7, 11) is -3.40. The van der Waals surface area contributed by atoms with Gasteiger partial charge in [-0.15, -0.1) is 0 Å². The lowest BCUT2D eigenvalue weighted by atomic mass is 10.1. The standard InChI is InChI=1S/C9H20N2O2S2/c1-6(2)7(8(10)14)11-15(12,13)9(3,4)5/h6-7,11H,1-5H3,(H2,10,14). The maximum Gasteiger partial charge on any atom is 0.217 e. The summed E-state index contributed by atoms with van der Waals surface area (Å²) in [5.41, 5.74) is 5.49. The Morgan fingerprint density at radius 2 is 1.73 bits per heavy atom. The average Bonchev–Trinajstić information content (AvgIpc) is 1.96. The molecule has 0 saturated heterocycles. The number of hydrogen-bond donors (Lipinski definition) is 2. The van der Waals surface area contributed by atoms with E-state index in [-0.39, 0.29) is 10.9 Å². The van der Waals surface area contributed by atoms with Gasteiger partial charge in [-0.1, -0.05) is 26.1 Å². The normalized spacial score (nSPS) is 15.3. The van der Waals surface area contributed by atoms with Crippen molar-refractivity contribution in [1.29, 1.82) is 0 Å². The molecule has 0 spiro atoms. The van der Waals surface area contributed by atoms with Crippen LogP contribution in [0.25, 0.3) is 0 Å². The molecule has 3 N–H and O–H groups in total. The highest BCUT2D eigenvalue weighted by molar-refractivity contribution is 7.91. The quantitative estimate of drug-likeness (QED) is 0.733. The number of hydrogen-bond acceptors (Lipinski definition) is 3. The smallest absolute Gasteiger partial charge is 0.217 e. The van der Waals surface area contributed by atoms with Gasteiger partial charge in [0.15, 0.2) is 0 Å². The number of rotatable bonds is 4. The maximum atomic E-state index is 11.8. The van der Waals surface area contributed by atoms with Crippen LogP contribution in [0.15, 0.2) is 0 Å². The monoisotopic (exact) mass is 252 g/mol. The number of nitrogens with one attached hydrogen (secondary N) is 1. The van der Waals surface area contributed by atoms with Gasteiger partial charge in [0, 0.05) is 0 Å². The summed E-state index contributed by atoms with van der Waals surface area (Å²) in [5, 5.41) is 0. The van der Waals surface area contributed by atoms with E-state index in [1.807, 2.05) is 13.8 Å². The van der Waals surface area contributed by atoms with Crippen LogP contribution in [0.4, 0.5) is 0 Å². The number of thiocarbonyl (C=S) groups is 1. The summed E-state index contributed by atoms with van der Waals surface area (Å²) >= 11 is 4.83. The third-order valence-corrected chi connectivity index (χ3v) is 4.49. The first-order chi connectivity index (χ1) is 6.49. The molecule has 4 nitrogen and oxygen atoms in total. The Morgan fingerprint density at radius 1 is 1.33 bits per heavy atom. The summed E-state index contributed by atoms with van der Waals surface area (Å²) < 4.78 is 25.4. The molecule has 6 heteroatoms. The van der Waals surface area contributed by atoms with Gasteiger partial charge in [0.05, 0.1) is 15.8 Å². The molecule has 0 bridgehead atoms. The lowest BCUT2D eigenvalue weighted by Gasteiger charge is -2.26. The molecular formula is C9H20N2O2S2. The first kappa shape index (κ1) is 14.8. The van der Waals surface area contributed by atoms with Crippen LogP contribution < -0.4 is 10.5 Å². The molecule has 0 aliphatic heterocycles. The fourth-order valence-corrected chi connectivity index (χ4v) is 2.36. The van der Waals surface area contributed by atoms with Crippen LogP contribution >= 0.6 is 12.2 Å². The minimum atomic E-state index is -3.40. The number of nitrogens with two attached hydrogens (primary N) is 1. The zero-order valence-corrected chi connectivity index (χ0v) is 11.5. The Bertz CT molecular complexity index is 329. The predicted molar refractivity (Wildman–Crippen MR) is 67.2 cm³/mol. The van der Waals surface area contributed by atoms with Crippen LogP contribution in [0.3, 0.4) is 0 Å². The summed E-state index contributed by atoms with van der Waals surface area (Å²) in [6, 6.07) is -0.482. The molecule has 0 fully saturated rings. The largest absolute Gasteiger partial charge is 0.392 e. The van der Waals surface area contributed by atoms with Crippen LogP contribution in [-0.4, -0.2) is 24.2 Å². The second-order valence-corrected chi connectivity index (χ2v) is 7.80. The van der Waals surface area contributed by atoms with Gasteiger partial charge in [0.2, 0.25) is 10.0 Å². The van der Waals surface area contributed by atoms with Crippen molar-refractivity contribution in [3.63, 3.8) is 0 Å². The highest BCUT2D eigenvalue weighted by Crippen LogP contribution is 2.15. The Morgan fingerprint density at radius 3 is 1.93 bits per heavy atom. The molecule has 90 valence electrons. The van der Waals surface area contributed by atoms with E-state index in [0.717, 1.165) is 0 Å². The minimum Gasteiger partial charge on any atom is -0.392 e. The Labute approximate surface area is 97.7 Å². The zero-order valence-electron chi connectivity index (χ0n) is 9.87. The minimum absolute atomic E-state index is 0.0413. The van der Waals surface area contributed by atoms with E-state index < -0.39 is 20.8 Å². The topological polar surface area (TPSA) is 72.2 Å². The Hall–Kier alpha value is -0.200. The van der Waals surface area contributed by atoms with Gasteiger partial charge in [-0.3, -0.25) is 0 Å². The molecule has 15 heavy (non-hydrogen) atoms. The second kappa shape index (κ2) is 4.76. The molecule has 0 aliphatic rings. The summed E-state index contributed by atoms with van der Waals surface area (Å²) in [6.07, 6.45) is 0. The molecule has 0 aromatic rings. The van der Waals surface area contributed by atoms with Crippen LogP contribution in [0.2, 0.25) is 0 Å². The first-order valence-electron chi connectivity index (χ1n) is 4.80. The fourth-order valence-electron chi connectivity index (χ4n) is 0.867. The molecule has 0 amide bonds. The molecule has 0 aromatic heterocycles. The van der Waals surface area contributed by atoms with Crippen molar-refractivity contribution >= 4 is 27.2 Å². The van der Waals surface area contributed by atoms with Crippen molar-refractivity contribution in [2.24, 2.45) is 11.7 Å². The molecule has 0 rings (SSSR count). The van der Waals surface area contributed by atoms with Gasteiger partial charge in [-0.2, -0.15) is 0 Å². The highest BCUT2D eigenvalue weighted by Gasteiger charge is 2.32. The fraction of sp³-hybridized carbons (Fsp3) is 0.889. The van der Waals surface area contributed by atoms with Crippen molar-refractivity contribution in [3.8, 4) is 0 Å². The van der Waals surface area contributed by atoms with E-state index in [2.05, 4.69) is 4.72 Å². The third kappa shape index (κ3) is 4.04. The molecular weight excluding hydrogens is 232 g/mol. The summed E-state index contributed by atoms with van der Waals surface area (Å²) in [4.78, 5) is 0.179. The van der Waals surface area contributed by atoms with Crippen molar-refractivity contribution in [3.05, 3.63) is 0 Å². The van der Waals surface area contributed by atoms with Crippen LogP contribution in [0.1, 0.15) is 34.6 Å². The van der Waals surface area contributed by atoms with Crippen molar-refractivity contribution in [2.45, 2.75) is 45.4 Å². The van der Waals surface area contributed by atoms with E-state index >= 15 is 0 Å². The molecule has 0 saturated carbocycles. The molecule has 0 heterocycles.